The summed E-state index contributed by atoms with van der Waals surface area (Å²) >= 11 is 0. The number of aromatic nitrogens is 1. The van der Waals surface area contributed by atoms with Crippen molar-refractivity contribution in [3.8, 4) is 11.5 Å². The van der Waals surface area contributed by atoms with Crippen molar-refractivity contribution in [1.29, 1.82) is 0 Å². The van der Waals surface area contributed by atoms with Crippen molar-refractivity contribution in [1.82, 2.24) is 9.88 Å². The van der Waals surface area contributed by atoms with Gasteiger partial charge in [-0.25, -0.2) is 4.98 Å². The van der Waals surface area contributed by atoms with Crippen LogP contribution in [0.15, 0.2) is 34.7 Å². The van der Waals surface area contributed by atoms with E-state index < -0.39 is 0 Å². The van der Waals surface area contributed by atoms with Gasteiger partial charge in [0, 0.05) is 30.5 Å². The van der Waals surface area contributed by atoms with Crippen LogP contribution < -0.4 is 5.73 Å². The van der Waals surface area contributed by atoms with E-state index in [4.69, 9.17) is 10.2 Å². The van der Waals surface area contributed by atoms with Gasteiger partial charge in [0.15, 0.2) is 0 Å². The van der Waals surface area contributed by atoms with Crippen LogP contribution in [0.4, 0.5) is 0 Å². The fourth-order valence-corrected chi connectivity index (χ4v) is 3.80. The van der Waals surface area contributed by atoms with Crippen LogP contribution in [0.1, 0.15) is 37.1 Å². The number of hydrogen-bond donors (Lipinski definition) is 1. The maximum absolute atomic E-state index is 12.8. The summed E-state index contributed by atoms with van der Waals surface area (Å²) in [6, 6.07) is 10.1. The minimum atomic E-state index is 0. The number of nitrogens with zero attached hydrogens (tertiary/aromatic N) is 2. The van der Waals surface area contributed by atoms with Crippen LogP contribution in [0.5, 0.6) is 0 Å². The maximum Gasteiger partial charge on any atom is 0.226 e. The van der Waals surface area contributed by atoms with Crippen molar-refractivity contribution in [3.05, 3.63) is 41.8 Å². The Morgan fingerprint density at radius 3 is 2.80 bits per heavy atom. The van der Waals surface area contributed by atoms with Crippen LogP contribution >= 0.6 is 12.4 Å². The molecule has 0 spiro atoms. The molecule has 0 saturated heterocycles. The van der Waals surface area contributed by atoms with Crippen molar-refractivity contribution in [2.75, 3.05) is 6.54 Å². The Bertz CT molecular complexity index is 732. The summed E-state index contributed by atoms with van der Waals surface area (Å²) < 4.78 is 5.91. The van der Waals surface area contributed by atoms with Crippen LogP contribution in [-0.4, -0.2) is 28.4 Å². The van der Waals surface area contributed by atoms with E-state index in [-0.39, 0.29) is 30.3 Å². The standard InChI is InChI=1S/C19H23N3O2.ClH/c20-15-8-4-7-14(11-15)19(23)22-10-9-17-16(12-22)21-18(24-17)13-5-2-1-3-6-13;/h1-3,5-6,14-15H,4,7-12,20H2;1H/t14-,15+;/m1./s1. The summed E-state index contributed by atoms with van der Waals surface area (Å²) in [5.74, 6) is 1.88. The number of amides is 1. The predicted octanol–water partition coefficient (Wildman–Crippen LogP) is 3.17. The topological polar surface area (TPSA) is 72.4 Å². The van der Waals surface area contributed by atoms with Gasteiger partial charge >= 0.3 is 0 Å². The lowest BCUT2D eigenvalue weighted by atomic mass is 9.85. The van der Waals surface area contributed by atoms with Gasteiger partial charge in [0.05, 0.1) is 6.54 Å². The SMILES string of the molecule is Cl.N[C@H]1CCC[C@@H](C(=O)N2CCc3oc(-c4ccccc4)nc3C2)C1. The van der Waals surface area contributed by atoms with Crippen molar-refractivity contribution in [3.63, 3.8) is 0 Å². The molecule has 1 aromatic heterocycles. The number of carbonyl (C=O) groups excluding carboxylic acids is 1. The summed E-state index contributed by atoms with van der Waals surface area (Å²) in [5, 5.41) is 0. The summed E-state index contributed by atoms with van der Waals surface area (Å²) in [7, 11) is 0. The Balaban J connectivity index is 0.00000182. The van der Waals surface area contributed by atoms with Crippen LogP contribution in [0.2, 0.25) is 0 Å². The van der Waals surface area contributed by atoms with Crippen LogP contribution in [0, 0.1) is 5.92 Å². The maximum atomic E-state index is 12.8. The van der Waals surface area contributed by atoms with Gasteiger partial charge in [-0.2, -0.15) is 0 Å². The Hall–Kier alpha value is -1.85. The van der Waals surface area contributed by atoms with Gasteiger partial charge in [0.1, 0.15) is 11.5 Å². The quantitative estimate of drug-likeness (QED) is 0.891. The molecular weight excluding hydrogens is 338 g/mol. The molecule has 2 N–H and O–H groups in total. The average molecular weight is 362 g/mol. The second kappa shape index (κ2) is 7.58. The number of oxazole rings is 1. The zero-order valence-corrected chi connectivity index (χ0v) is 15.0. The molecule has 1 fully saturated rings. The van der Waals surface area contributed by atoms with E-state index in [0.29, 0.717) is 19.0 Å². The fraction of sp³-hybridized carbons (Fsp3) is 0.474. The molecule has 2 atom stereocenters. The molecule has 0 radical (unpaired) electrons. The van der Waals surface area contributed by atoms with E-state index in [1.807, 2.05) is 35.2 Å². The molecule has 25 heavy (non-hydrogen) atoms. The van der Waals surface area contributed by atoms with Crippen molar-refractivity contribution < 1.29 is 9.21 Å². The first kappa shape index (κ1) is 18.0. The molecule has 0 bridgehead atoms. The number of benzene rings is 1. The van der Waals surface area contributed by atoms with E-state index in [2.05, 4.69) is 4.98 Å². The first-order valence-corrected chi connectivity index (χ1v) is 8.79. The second-order valence-electron chi connectivity index (χ2n) is 6.89. The van der Waals surface area contributed by atoms with E-state index >= 15 is 0 Å². The van der Waals surface area contributed by atoms with Gasteiger partial charge in [0.25, 0.3) is 0 Å². The Morgan fingerprint density at radius 2 is 2.04 bits per heavy atom. The molecule has 134 valence electrons. The Morgan fingerprint density at radius 1 is 1.24 bits per heavy atom. The lowest BCUT2D eigenvalue weighted by molar-refractivity contribution is -0.137. The molecule has 2 aromatic rings. The minimum Gasteiger partial charge on any atom is -0.441 e. The van der Waals surface area contributed by atoms with Crippen LogP contribution in [-0.2, 0) is 17.8 Å². The number of carbonyl (C=O) groups is 1. The van der Waals surface area contributed by atoms with Gasteiger partial charge in [0.2, 0.25) is 11.8 Å². The molecule has 4 rings (SSSR count). The minimum absolute atomic E-state index is 0. The molecule has 1 amide bonds. The number of hydrogen-bond acceptors (Lipinski definition) is 4. The molecule has 1 aliphatic heterocycles. The van der Waals surface area contributed by atoms with Crippen LogP contribution in [0.3, 0.4) is 0 Å². The van der Waals surface area contributed by atoms with Crippen LogP contribution in [0.25, 0.3) is 11.5 Å². The van der Waals surface area contributed by atoms with Crippen molar-refractivity contribution >= 4 is 18.3 Å². The van der Waals surface area contributed by atoms with Crippen molar-refractivity contribution in [2.24, 2.45) is 11.7 Å². The third-order valence-electron chi connectivity index (χ3n) is 5.12. The number of halogens is 1. The first-order chi connectivity index (χ1) is 11.7. The normalized spacial score (nSPS) is 22.8. The Labute approximate surface area is 154 Å². The highest BCUT2D eigenvalue weighted by atomic mass is 35.5. The van der Waals surface area contributed by atoms with Crippen molar-refractivity contribution in [2.45, 2.75) is 44.7 Å². The van der Waals surface area contributed by atoms with E-state index in [1.54, 1.807) is 0 Å². The molecule has 5 nitrogen and oxygen atoms in total. The molecule has 1 saturated carbocycles. The lowest BCUT2D eigenvalue weighted by Crippen LogP contribution is -2.42. The molecule has 0 unspecified atom stereocenters. The lowest BCUT2D eigenvalue weighted by Gasteiger charge is -2.32. The largest absolute Gasteiger partial charge is 0.441 e. The summed E-state index contributed by atoms with van der Waals surface area (Å²) in [6.07, 6.45) is 4.61. The summed E-state index contributed by atoms with van der Waals surface area (Å²) in [6.45, 7) is 1.26. The first-order valence-electron chi connectivity index (χ1n) is 8.79. The molecule has 1 aliphatic carbocycles. The van der Waals surface area contributed by atoms with Gasteiger partial charge in [-0.15, -0.1) is 12.4 Å². The number of nitrogens with two attached hydrogens (primary N) is 1. The smallest absolute Gasteiger partial charge is 0.226 e. The van der Waals surface area contributed by atoms with Gasteiger partial charge in [-0.3, -0.25) is 4.79 Å². The Kier molecular flexibility index (Phi) is 5.45. The second-order valence-corrected chi connectivity index (χ2v) is 6.89. The molecule has 6 heteroatoms. The molecule has 2 aliphatic rings. The average Bonchev–Trinajstić information content (AvgIpc) is 3.05. The molecular formula is C19H24ClN3O2. The number of fused-ring (bicyclic) bond motifs is 1. The van der Waals surface area contributed by atoms with E-state index in [9.17, 15) is 4.79 Å². The van der Waals surface area contributed by atoms with Gasteiger partial charge in [-0.1, -0.05) is 24.6 Å². The third kappa shape index (κ3) is 3.72. The van der Waals surface area contributed by atoms with E-state index in [0.717, 1.165) is 49.1 Å². The summed E-state index contributed by atoms with van der Waals surface area (Å²) in [5.41, 5.74) is 7.91. The predicted molar refractivity (Wildman–Crippen MR) is 98.2 cm³/mol. The highest BCUT2D eigenvalue weighted by Gasteiger charge is 2.32. The van der Waals surface area contributed by atoms with Gasteiger partial charge < -0.3 is 15.1 Å². The zero-order valence-electron chi connectivity index (χ0n) is 14.2. The highest BCUT2D eigenvalue weighted by molar-refractivity contribution is 5.85. The number of rotatable bonds is 2. The molecule has 2 heterocycles. The molecule has 1 aromatic carbocycles. The third-order valence-corrected chi connectivity index (χ3v) is 5.12. The zero-order chi connectivity index (χ0) is 16.5. The fourth-order valence-electron chi connectivity index (χ4n) is 3.80. The van der Waals surface area contributed by atoms with Gasteiger partial charge in [-0.05, 0) is 31.4 Å². The highest BCUT2D eigenvalue weighted by Crippen LogP contribution is 2.29. The van der Waals surface area contributed by atoms with E-state index in [1.165, 1.54) is 0 Å². The summed E-state index contributed by atoms with van der Waals surface area (Å²) in [4.78, 5) is 19.4. The monoisotopic (exact) mass is 361 g/mol.